The number of aryl methyl sites for hydroxylation is 2. The third-order valence-electron chi connectivity index (χ3n) is 6.06. The first-order valence-electron chi connectivity index (χ1n) is 10.9. The van der Waals surface area contributed by atoms with Crippen LogP contribution in [0.25, 0.3) is 0 Å². The van der Waals surface area contributed by atoms with Crippen LogP contribution in [0.4, 0.5) is 5.82 Å². The number of aromatic nitrogens is 2. The Morgan fingerprint density at radius 1 is 1.36 bits per heavy atom. The van der Waals surface area contributed by atoms with Gasteiger partial charge in [-0.05, 0) is 25.5 Å². The van der Waals surface area contributed by atoms with Gasteiger partial charge in [0.2, 0.25) is 11.0 Å². The van der Waals surface area contributed by atoms with Crippen LogP contribution >= 0.6 is 0 Å². The number of primary sulfonamides is 1. The maximum atomic E-state index is 12.0. The number of furan rings is 1. The minimum absolute atomic E-state index is 0.0322. The highest BCUT2D eigenvalue weighted by atomic mass is 32.2. The van der Waals surface area contributed by atoms with Crippen LogP contribution in [0, 0.1) is 11.3 Å². The average molecular weight is 474 g/mol. The second-order valence-electron chi connectivity index (χ2n) is 8.27. The number of nitrogens with one attached hydrogen (secondary N) is 1. The zero-order chi connectivity index (χ0) is 23.6. The van der Waals surface area contributed by atoms with Crippen LogP contribution in [0.15, 0.2) is 21.8 Å². The molecule has 12 heteroatoms. The van der Waals surface area contributed by atoms with E-state index in [1.165, 1.54) is 13.2 Å². The third kappa shape index (κ3) is 5.00. The summed E-state index contributed by atoms with van der Waals surface area (Å²) in [5.74, 6) is 1.40. The molecule has 0 aliphatic carbocycles. The molecule has 4 heterocycles. The Labute approximate surface area is 192 Å². The number of hydrogen-bond donors (Lipinski definition) is 2. The normalized spacial score (nSPS) is 18.6. The second kappa shape index (κ2) is 9.46. The molecular formula is C21H27N7O4S. The number of anilines is 1. The van der Waals surface area contributed by atoms with Crippen molar-refractivity contribution in [3.63, 3.8) is 0 Å². The average Bonchev–Trinajstić information content (AvgIpc) is 3.26. The summed E-state index contributed by atoms with van der Waals surface area (Å²) in [5, 5.41) is 17.6. The lowest BCUT2D eigenvalue weighted by Crippen LogP contribution is -2.55. The molecule has 11 nitrogen and oxygen atoms in total. The van der Waals surface area contributed by atoms with Gasteiger partial charge in [-0.1, -0.05) is 0 Å². The Morgan fingerprint density at radius 2 is 2.18 bits per heavy atom. The van der Waals surface area contributed by atoms with E-state index in [-0.39, 0.29) is 23.5 Å². The monoisotopic (exact) mass is 473 g/mol. The van der Waals surface area contributed by atoms with Crippen LogP contribution < -0.4 is 15.4 Å². The number of sulfonamides is 1. The van der Waals surface area contributed by atoms with Crippen LogP contribution in [-0.4, -0.2) is 61.4 Å². The van der Waals surface area contributed by atoms with Crippen molar-refractivity contribution in [3.05, 3.63) is 35.0 Å². The standard InChI is InChI=1S/C21H27N7O4S/c1-14(29)28-10-9-27(13-16(28)4-7-22)20-17-5-8-24-12-18(17)25-19(26-20)3-2-15-6-11-32-21(15)33(23,30)31/h6,11,16,24H,2-5,8-10,12-13H2,1H3,(H2,23,30,31)/t16-/m0/s1. The molecule has 0 bridgehead atoms. The molecule has 0 aromatic carbocycles. The summed E-state index contributed by atoms with van der Waals surface area (Å²) in [6, 6.07) is 3.59. The number of nitriles is 1. The smallest absolute Gasteiger partial charge is 0.271 e. The van der Waals surface area contributed by atoms with Gasteiger partial charge < -0.3 is 19.5 Å². The highest BCUT2D eigenvalue weighted by Gasteiger charge is 2.31. The minimum Gasteiger partial charge on any atom is -0.451 e. The first-order chi connectivity index (χ1) is 15.8. The van der Waals surface area contributed by atoms with Crippen LogP contribution in [0.5, 0.6) is 0 Å². The van der Waals surface area contributed by atoms with Crippen molar-refractivity contribution >= 4 is 21.7 Å². The number of hydrogen-bond acceptors (Lipinski definition) is 9. The summed E-state index contributed by atoms with van der Waals surface area (Å²) in [4.78, 5) is 25.5. The highest BCUT2D eigenvalue weighted by molar-refractivity contribution is 7.89. The molecule has 0 unspecified atom stereocenters. The number of carbonyl (C=O) groups excluding carboxylic acids is 1. The second-order valence-corrected chi connectivity index (χ2v) is 9.73. The summed E-state index contributed by atoms with van der Waals surface area (Å²) < 4.78 is 28.5. The maximum absolute atomic E-state index is 12.0. The van der Waals surface area contributed by atoms with E-state index in [1.807, 2.05) is 0 Å². The molecular weight excluding hydrogens is 446 g/mol. The highest BCUT2D eigenvalue weighted by Crippen LogP contribution is 2.27. The van der Waals surface area contributed by atoms with E-state index in [9.17, 15) is 18.5 Å². The molecule has 1 fully saturated rings. The zero-order valence-corrected chi connectivity index (χ0v) is 19.3. The van der Waals surface area contributed by atoms with E-state index < -0.39 is 10.0 Å². The number of fused-ring (bicyclic) bond motifs is 1. The number of nitrogens with two attached hydrogens (primary N) is 1. The summed E-state index contributed by atoms with van der Waals surface area (Å²) >= 11 is 0. The Hall–Kier alpha value is -3.01. The lowest BCUT2D eigenvalue weighted by atomic mass is 10.0. The summed E-state index contributed by atoms with van der Waals surface area (Å²) in [6.45, 7) is 4.66. The summed E-state index contributed by atoms with van der Waals surface area (Å²) in [7, 11) is -3.94. The van der Waals surface area contributed by atoms with Gasteiger partial charge in [0, 0.05) is 50.7 Å². The quantitative estimate of drug-likeness (QED) is 0.593. The number of piperazine rings is 1. The molecule has 176 valence electrons. The van der Waals surface area contributed by atoms with Gasteiger partial charge in [0.25, 0.3) is 10.0 Å². The first-order valence-corrected chi connectivity index (χ1v) is 12.4. The molecule has 0 radical (unpaired) electrons. The Kier molecular flexibility index (Phi) is 6.64. The predicted octanol–water partition coefficient (Wildman–Crippen LogP) is 0.0987. The third-order valence-corrected chi connectivity index (χ3v) is 6.93. The molecule has 1 amide bonds. The van der Waals surface area contributed by atoms with Crippen molar-refractivity contribution in [2.75, 3.05) is 31.1 Å². The number of carbonyl (C=O) groups is 1. The largest absolute Gasteiger partial charge is 0.451 e. The molecule has 0 saturated carbocycles. The van der Waals surface area contributed by atoms with Gasteiger partial charge in [-0.2, -0.15) is 5.26 Å². The SMILES string of the molecule is CC(=O)N1CCN(c2nc(CCc3ccoc3S(N)(=O)=O)nc3c2CCNC3)C[C@@H]1CC#N. The van der Waals surface area contributed by atoms with E-state index in [4.69, 9.17) is 19.5 Å². The maximum Gasteiger partial charge on any atom is 0.271 e. The number of nitrogens with zero attached hydrogens (tertiary/aromatic N) is 5. The molecule has 2 aromatic heterocycles. The van der Waals surface area contributed by atoms with Crippen molar-refractivity contribution in [1.82, 2.24) is 20.2 Å². The van der Waals surface area contributed by atoms with Gasteiger partial charge in [0.15, 0.2) is 0 Å². The fourth-order valence-corrected chi connectivity index (χ4v) is 5.23. The van der Waals surface area contributed by atoms with Crippen LogP contribution in [0.2, 0.25) is 0 Å². The predicted molar refractivity (Wildman–Crippen MR) is 119 cm³/mol. The molecule has 2 aliphatic heterocycles. The van der Waals surface area contributed by atoms with E-state index >= 15 is 0 Å². The van der Waals surface area contributed by atoms with E-state index in [1.54, 1.807) is 11.0 Å². The minimum atomic E-state index is -3.94. The van der Waals surface area contributed by atoms with Crippen LogP contribution in [0.1, 0.15) is 36.0 Å². The van der Waals surface area contributed by atoms with Crippen molar-refractivity contribution in [2.45, 2.75) is 50.3 Å². The van der Waals surface area contributed by atoms with E-state index in [2.05, 4.69) is 16.3 Å². The van der Waals surface area contributed by atoms with E-state index in [0.717, 1.165) is 30.0 Å². The topological polar surface area (TPSA) is 158 Å². The Balaban J connectivity index is 1.61. The fraction of sp³-hybridized carbons (Fsp3) is 0.524. The summed E-state index contributed by atoms with van der Waals surface area (Å²) in [5.41, 5.74) is 2.49. The number of rotatable bonds is 6. The zero-order valence-electron chi connectivity index (χ0n) is 18.5. The molecule has 2 aromatic rings. The van der Waals surface area contributed by atoms with Crippen molar-refractivity contribution < 1.29 is 17.6 Å². The van der Waals surface area contributed by atoms with Gasteiger partial charge in [-0.3, -0.25) is 4.79 Å². The molecule has 1 saturated heterocycles. The molecule has 1 atom stereocenters. The van der Waals surface area contributed by atoms with Crippen molar-refractivity contribution in [1.29, 1.82) is 5.26 Å². The Morgan fingerprint density at radius 3 is 2.91 bits per heavy atom. The molecule has 33 heavy (non-hydrogen) atoms. The summed E-state index contributed by atoms with van der Waals surface area (Å²) in [6.07, 6.45) is 3.13. The van der Waals surface area contributed by atoms with Crippen LogP contribution in [-0.2, 0) is 40.6 Å². The van der Waals surface area contributed by atoms with Gasteiger partial charge in [0.05, 0.1) is 30.5 Å². The molecule has 4 rings (SSSR count). The lowest BCUT2D eigenvalue weighted by Gasteiger charge is -2.41. The van der Waals surface area contributed by atoms with Gasteiger partial charge in [0.1, 0.15) is 11.6 Å². The molecule has 0 spiro atoms. The van der Waals surface area contributed by atoms with Crippen LogP contribution in [0.3, 0.4) is 0 Å². The van der Waals surface area contributed by atoms with Crippen molar-refractivity contribution in [3.8, 4) is 6.07 Å². The molecule has 3 N–H and O–H groups in total. The van der Waals surface area contributed by atoms with Gasteiger partial charge in [-0.15, -0.1) is 0 Å². The van der Waals surface area contributed by atoms with Gasteiger partial charge >= 0.3 is 0 Å². The lowest BCUT2D eigenvalue weighted by molar-refractivity contribution is -0.131. The van der Waals surface area contributed by atoms with E-state index in [0.29, 0.717) is 50.4 Å². The fourth-order valence-electron chi connectivity index (χ4n) is 4.51. The van der Waals surface area contributed by atoms with Crippen molar-refractivity contribution in [2.24, 2.45) is 5.14 Å². The molecule has 2 aliphatic rings. The van der Waals surface area contributed by atoms with Gasteiger partial charge in [-0.25, -0.2) is 23.5 Å². The number of amides is 1. The Bertz CT molecular complexity index is 1190. The first kappa shape index (κ1) is 23.2.